The molecular formula is C12H18N2O2. The Kier molecular flexibility index (Phi) is 3.88. The lowest BCUT2D eigenvalue weighted by atomic mass is 10.0. The molecule has 4 nitrogen and oxygen atoms in total. The van der Waals surface area contributed by atoms with E-state index in [1.807, 2.05) is 6.92 Å². The largest absolute Gasteiger partial charge is 0.339 e. The summed E-state index contributed by atoms with van der Waals surface area (Å²) in [6.07, 6.45) is 1.49. The second-order valence-electron chi connectivity index (χ2n) is 4.34. The van der Waals surface area contributed by atoms with E-state index >= 15 is 0 Å². The smallest absolute Gasteiger partial charge is 0.254 e. The Labute approximate surface area is 95.3 Å². The Morgan fingerprint density at radius 1 is 1.38 bits per heavy atom. The van der Waals surface area contributed by atoms with Gasteiger partial charge in [-0.15, -0.1) is 0 Å². The van der Waals surface area contributed by atoms with Gasteiger partial charge in [0.2, 0.25) is 5.56 Å². The van der Waals surface area contributed by atoms with Gasteiger partial charge in [-0.2, -0.15) is 0 Å². The van der Waals surface area contributed by atoms with Crippen molar-refractivity contribution in [3.05, 3.63) is 34.2 Å². The molecule has 0 saturated heterocycles. The molecule has 1 rings (SSSR count). The van der Waals surface area contributed by atoms with Crippen LogP contribution in [0.25, 0.3) is 0 Å². The average Bonchev–Trinajstić information content (AvgIpc) is 2.26. The fourth-order valence-electron chi connectivity index (χ4n) is 1.41. The minimum atomic E-state index is -0.253. The first-order valence-electron chi connectivity index (χ1n) is 5.39. The van der Waals surface area contributed by atoms with Crippen molar-refractivity contribution in [2.24, 2.45) is 5.92 Å². The number of rotatable bonds is 3. The van der Waals surface area contributed by atoms with Crippen LogP contribution in [-0.2, 0) is 0 Å². The quantitative estimate of drug-likeness (QED) is 0.842. The van der Waals surface area contributed by atoms with Crippen LogP contribution in [0.4, 0.5) is 0 Å². The van der Waals surface area contributed by atoms with E-state index < -0.39 is 0 Å². The lowest BCUT2D eigenvalue weighted by molar-refractivity contribution is 0.0707. The normalized spacial score (nSPS) is 12.6. The summed E-state index contributed by atoms with van der Waals surface area (Å²) >= 11 is 0. The molecule has 16 heavy (non-hydrogen) atoms. The van der Waals surface area contributed by atoms with Crippen molar-refractivity contribution >= 4 is 5.91 Å². The van der Waals surface area contributed by atoms with Gasteiger partial charge >= 0.3 is 0 Å². The molecule has 1 atom stereocenters. The highest BCUT2D eigenvalue weighted by atomic mass is 16.2. The summed E-state index contributed by atoms with van der Waals surface area (Å²) in [7, 11) is 1.76. The third kappa shape index (κ3) is 2.72. The SMILES string of the molecule is CC(C)C(C)N(C)C(=O)c1cc[nH]c(=O)c1. The number of hydrogen-bond acceptors (Lipinski definition) is 2. The molecule has 0 aliphatic rings. The maximum atomic E-state index is 12.0. The number of carbonyl (C=O) groups is 1. The molecule has 0 spiro atoms. The monoisotopic (exact) mass is 222 g/mol. The van der Waals surface area contributed by atoms with Crippen molar-refractivity contribution in [1.29, 1.82) is 0 Å². The molecule has 88 valence electrons. The fraction of sp³-hybridized carbons (Fsp3) is 0.500. The van der Waals surface area contributed by atoms with Gasteiger partial charge in [0, 0.05) is 30.9 Å². The summed E-state index contributed by atoms with van der Waals surface area (Å²) in [5.41, 5.74) is 0.176. The van der Waals surface area contributed by atoms with Crippen LogP contribution in [0.5, 0.6) is 0 Å². The van der Waals surface area contributed by atoms with Crippen LogP contribution in [0.2, 0.25) is 0 Å². The van der Waals surface area contributed by atoms with Crippen LogP contribution in [0.15, 0.2) is 23.1 Å². The van der Waals surface area contributed by atoms with Crippen molar-refractivity contribution in [3.8, 4) is 0 Å². The summed E-state index contributed by atoms with van der Waals surface area (Å²) in [4.78, 5) is 27.3. The number of nitrogens with zero attached hydrogens (tertiary/aromatic N) is 1. The molecule has 1 N–H and O–H groups in total. The summed E-state index contributed by atoms with van der Waals surface area (Å²) < 4.78 is 0. The van der Waals surface area contributed by atoms with Crippen LogP contribution in [0.3, 0.4) is 0 Å². The Bertz CT molecular complexity index is 423. The minimum absolute atomic E-state index is 0.118. The molecule has 0 saturated carbocycles. The number of aromatic nitrogens is 1. The maximum Gasteiger partial charge on any atom is 0.254 e. The average molecular weight is 222 g/mol. The lowest BCUT2D eigenvalue weighted by Gasteiger charge is -2.27. The molecule has 1 aromatic heterocycles. The predicted octanol–water partition coefficient (Wildman–Crippen LogP) is 1.49. The topological polar surface area (TPSA) is 53.2 Å². The number of carbonyl (C=O) groups excluding carboxylic acids is 1. The van der Waals surface area contributed by atoms with Gasteiger partial charge in [-0.25, -0.2) is 0 Å². The van der Waals surface area contributed by atoms with E-state index in [0.717, 1.165) is 0 Å². The highest BCUT2D eigenvalue weighted by molar-refractivity contribution is 5.94. The van der Waals surface area contributed by atoms with Crippen molar-refractivity contribution < 1.29 is 4.79 Å². The van der Waals surface area contributed by atoms with Crippen molar-refractivity contribution in [2.45, 2.75) is 26.8 Å². The van der Waals surface area contributed by atoms with Gasteiger partial charge in [0.25, 0.3) is 5.91 Å². The molecule has 1 heterocycles. The molecule has 1 amide bonds. The Hall–Kier alpha value is -1.58. The standard InChI is InChI=1S/C12H18N2O2/c1-8(2)9(3)14(4)12(16)10-5-6-13-11(15)7-10/h5-9H,1-4H3,(H,13,15). The van der Waals surface area contributed by atoms with Crippen molar-refractivity contribution in [3.63, 3.8) is 0 Å². The summed E-state index contributed by atoms with van der Waals surface area (Å²) in [5, 5.41) is 0. The highest BCUT2D eigenvalue weighted by Gasteiger charge is 2.19. The number of hydrogen-bond donors (Lipinski definition) is 1. The van der Waals surface area contributed by atoms with E-state index in [-0.39, 0.29) is 17.5 Å². The van der Waals surface area contributed by atoms with Crippen LogP contribution in [0.1, 0.15) is 31.1 Å². The third-order valence-corrected chi connectivity index (χ3v) is 2.92. The molecule has 0 aliphatic carbocycles. The molecule has 0 bridgehead atoms. The van der Waals surface area contributed by atoms with Crippen LogP contribution >= 0.6 is 0 Å². The molecular weight excluding hydrogens is 204 g/mol. The van der Waals surface area contributed by atoms with Crippen molar-refractivity contribution in [1.82, 2.24) is 9.88 Å². The van der Waals surface area contributed by atoms with E-state index in [4.69, 9.17) is 0 Å². The van der Waals surface area contributed by atoms with E-state index in [2.05, 4.69) is 18.8 Å². The summed E-state index contributed by atoms with van der Waals surface area (Å²) in [6.45, 7) is 6.12. The Morgan fingerprint density at radius 2 is 2.00 bits per heavy atom. The molecule has 0 aliphatic heterocycles. The summed E-state index contributed by atoms with van der Waals surface area (Å²) in [5.74, 6) is 0.267. The number of pyridine rings is 1. The van der Waals surface area contributed by atoms with Gasteiger partial charge in [-0.3, -0.25) is 9.59 Å². The minimum Gasteiger partial charge on any atom is -0.339 e. The Morgan fingerprint density at radius 3 is 2.50 bits per heavy atom. The van der Waals surface area contributed by atoms with Crippen LogP contribution in [0, 0.1) is 5.92 Å². The number of H-pyrrole nitrogens is 1. The molecule has 1 aromatic rings. The van der Waals surface area contributed by atoms with Gasteiger partial charge in [-0.1, -0.05) is 13.8 Å². The van der Waals surface area contributed by atoms with E-state index in [1.54, 1.807) is 18.0 Å². The van der Waals surface area contributed by atoms with Crippen LogP contribution < -0.4 is 5.56 Å². The Balaban J connectivity index is 2.90. The second-order valence-corrected chi connectivity index (χ2v) is 4.34. The highest BCUT2D eigenvalue weighted by Crippen LogP contribution is 2.11. The second kappa shape index (κ2) is 4.96. The van der Waals surface area contributed by atoms with Gasteiger partial charge in [0.15, 0.2) is 0 Å². The molecule has 4 heteroatoms. The maximum absolute atomic E-state index is 12.0. The third-order valence-electron chi connectivity index (χ3n) is 2.92. The number of aromatic amines is 1. The molecule has 0 fully saturated rings. The van der Waals surface area contributed by atoms with E-state index in [1.165, 1.54) is 12.3 Å². The first kappa shape index (κ1) is 12.5. The zero-order chi connectivity index (χ0) is 12.3. The summed E-state index contributed by atoms with van der Waals surface area (Å²) in [6, 6.07) is 3.09. The molecule has 1 unspecified atom stereocenters. The first-order chi connectivity index (χ1) is 7.43. The van der Waals surface area contributed by atoms with Gasteiger partial charge < -0.3 is 9.88 Å². The predicted molar refractivity (Wildman–Crippen MR) is 63.5 cm³/mol. The zero-order valence-corrected chi connectivity index (χ0v) is 10.2. The van der Waals surface area contributed by atoms with Crippen molar-refractivity contribution in [2.75, 3.05) is 7.05 Å². The molecule has 0 radical (unpaired) electrons. The number of nitrogens with one attached hydrogen (secondary N) is 1. The fourth-order valence-corrected chi connectivity index (χ4v) is 1.41. The van der Waals surface area contributed by atoms with Gasteiger partial charge in [-0.05, 0) is 18.9 Å². The van der Waals surface area contributed by atoms with E-state index in [0.29, 0.717) is 11.5 Å². The lowest BCUT2D eigenvalue weighted by Crippen LogP contribution is -2.38. The zero-order valence-electron chi connectivity index (χ0n) is 10.2. The molecule has 0 aromatic carbocycles. The first-order valence-corrected chi connectivity index (χ1v) is 5.39. The van der Waals surface area contributed by atoms with Crippen LogP contribution in [-0.4, -0.2) is 28.9 Å². The number of amides is 1. The van der Waals surface area contributed by atoms with Gasteiger partial charge in [0.1, 0.15) is 0 Å². The van der Waals surface area contributed by atoms with E-state index in [9.17, 15) is 9.59 Å². The van der Waals surface area contributed by atoms with Gasteiger partial charge in [0.05, 0.1) is 0 Å².